The number of sulfonamides is 1. The molecule has 1 atom stereocenters. The molecule has 0 aliphatic rings. The fraction of sp³-hybridized carbons (Fsp3) is 0.286. The highest BCUT2D eigenvalue weighted by Crippen LogP contribution is 2.23. The van der Waals surface area contributed by atoms with Gasteiger partial charge in [-0.2, -0.15) is 4.98 Å². The Bertz CT molecular complexity index is 1190. The van der Waals surface area contributed by atoms with E-state index in [2.05, 4.69) is 14.9 Å². The van der Waals surface area contributed by atoms with Gasteiger partial charge in [0.25, 0.3) is 5.89 Å². The normalized spacial score (nSPS) is 12.7. The molecular weight excluding hydrogens is 425 g/mol. The SMILES string of the molecule is Cc1ccc(-c2noc(C(C)OC(=O)c3ccc(S(=O)(=O)NC(C)C)cc3)n2)cc1F. The first-order valence-electron chi connectivity index (χ1n) is 9.50. The monoisotopic (exact) mass is 447 g/mol. The molecule has 0 fully saturated rings. The van der Waals surface area contributed by atoms with E-state index in [-0.39, 0.29) is 28.2 Å². The lowest BCUT2D eigenvalue weighted by Gasteiger charge is -2.11. The van der Waals surface area contributed by atoms with Crippen LogP contribution in [0.3, 0.4) is 0 Å². The average Bonchev–Trinajstić information content (AvgIpc) is 3.19. The lowest BCUT2D eigenvalue weighted by molar-refractivity contribution is 0.0265. The maximum atomic E-state index is 13.8. The predicted molar refractivity (Wildman–Crippen MR) is 110 cm³/mol. The zero-order valence-electron chi connectivity index (χ0n) is 17.4. The highest BCUT2D eigenvalue weighted by molar-refractivity contribution is 7.89. The molecule has 1 heterocycles. The minimum absolute atomic E-state index is 0.0395. The van der Waals surface area contributed by atoms with Crippen molar-refractivity contribution in [1.29, 1.82) is 0 Å². The third-order valence-electron chi connectivity index (χ3n) is 4.29. The number of carbonyl (C=O) groups is 1. The van der Waals surface area contributed by atoms with Gasteiger partial charge in [-0.3, -0.25) is 0 Å². The van der Waals surface area contributed by atoms with Crippen molar-refractivity contribution in [2.75, 3.05) is 0 Å². The van der Waals surface area contributed by atoms with E-state index in [4.69, 9.17) is 9.26 Å². The lowest BCUT2D eigenvalue weighted by Crippen LogP contribution is -2.30. The molecule has 3 rings (SSSR count). The van der Waals surface area contributed by atoms with Crippen LogP contribution in [0.1, 0.15) is 48.7 Å². The molecule has 31 heavy (non-hydrogen) atoms. The third-order valence-corrected chi connectivity index (χ3v) is 5.97. The van der Waals surface area contributed by atoms with E-state index in [1.807, 2.05) is 0 Å². The van der Waals surface area contributed by atoms with Crippen LogP contribution in [-0.2, 0) is 14.8 Å². The van der Waals surface area contributed by atoms with Gasteiger partial charge in [-0.05, 0) is 63.6 Å². The first-order chi connectivity index (χ1) is 14.6. The van der Waals surface area contributed by atoms with Crippen LogP contribution in [0.2, 0.25) is 0 Å². The summed E-state index contributed by atoms with van der Waals surface area (Å²) in [5, 5.41) is 3.80. The molecule has 1 unspecified atom stereocenters. The Morgan fingerprint density at radius 1 is 1.13 bits per heavy atom. The Kier molecular flexibility index (Phi) is 6.51. The van der Waals surface area contributed by atoms with Crippen molar-refractivity contribution in [2.24, 2.45) is 0 Å². The fourth-order valence-corrected chi connectivity index (χ4v) is 3.93. The molecule has 10 heteroatoms. The molecule has 0 saturated heterocycles. The largest absolute Gasteiger partial charge is 0.449 e. The van der Waals surface area contributed by atoms with Gasteiger partial charge in [0.05, 0.1) is 10.5 Å². The van der Waals surface area contributed by atoms with Gasteiger partial charge in [0.15, 0.2) is 6.10 Å². The predicted octanol–water partition coefficient (Wildman–Crippen LogP) is 3.79. The van der Waals surface area contributed by atoms with Gasteiger partial charge < -0.3 is 9.26 Å². The average molecular weight is 447 g/mol. The Hall–Kier alpha value is -3.11. The lowest BCUT2D eigenvalue weighted by atomic mass is 10.1. The molecular formula is C21H22FN3O5S. The molecule has 0 amide bonds. The smallest absolute Gasteiger partial charge is 0.338 e. The molecule has 0 spiro atoms. The molecule has 164 valence electrons. The number of esters is 1. The van der Waals surface area contributed by atoms with E-state index in [1.165, 1.54) is 30.3 Å². The minimum atomic E-state index is -3.66. The van der Waals surface area contributed by atoms with E-state index < -0.39 is 27.9 Å². The number of nitrogens with zero attached hydrogens (tertiary/aromatic N) is 2. The standard InChI is InChI=1S/C21H22FN3O5S/c1-12(2)25-31(27,28)17-9-7-15(8-10-17)21(26)29-14(4)20-23-19(24-30-20)16-6-5-13(3)18(22)11-16/h5-12,14,25H,1-4H3. The quantitative estimate of drug-likeness (QED) is 0.549. The first-order valence-corrected chi connectivity index (χ1v) is 11.0. The number of ether oxygens (including phenoxy) is 1. The molecule has 3 aromatic rings. The number of rotatable bonds is 7. The maximum Gasteiger partial charge on any atom is 0.338 e. The summed E-state index contributed by atoms with van der Waals surface area (Å²) in [6, 6.07) is 9.66. The third kappa shape index (κ3) is 5.33. The number of aromatic nitrogens is 2. The van der Waals surface area contributed by atoms with Gasteiger partial charge in [-0.1, -0.05) is 17.3 Å². The number of halogens is 1. The molecule has 0 aliphatic carbocycles. The van der Waals surface area contributed by atoms with E-state index in [0.717, 1.165) is 0 Å². The Labute approximate surface area is 179 Å². The molecule has 0 radical (unpaired) electrons. The zero-order chi connectivity index (χ0) is 22.8. The highest BCUT2D eigenvalue weighted by atomic mass is 32.2. The molecule has 0 aliphatic heterocycles. The van der Waals surface area contributed by atoms with Crippen LogP contribution in [0, 0.1) is 12.7 Å². The number of benzene rings is 2. The second-order valence-electron chi connectivity index (χ2n) is 7.27. The van der Waals surface area contributed by atoms with E-state index in [0.29, 0.717) is 11.1 Å². The van der Waals surface area contributed by atoms with Crippen molar-refractivity contribution >= 4 is 16.0 Å². The summed E-state index contributed by atoms with van der Waals surface area (Å²) in [6.07, 6.45) is -0.866. The van der Waals surface area contributed by atoms with Crippen molar-refractivity contribution in [1.82, 2.24) is 14.9 Å². The molecule has 0 saturated carbocycles. The Morgan fingerprint density at radius 2 is 1.81 bits per heavy atom. The Morgan fingerprint density at radius 3 is 2.42 bits per heavy atom. The van der Waals surface area contributed by atoms with Crippen molar-refractivity contribution in [3.8, 4) is 11.4 Å². The molecule has 2 aromatic carbocycles. The van der Waals surface area contributed by atoms with Gasteiger partial charge in [0, 0.05) is 11.6 Å². The van der Waals surface area contributed by atoms with Crippen molar-refractivity contribution in [3.63, 3.8) is 0 Å². The van der Waals surface area contributed by atoms with Crippen LogP contribution in [0.5, 0.6) is 0 Å². The van der Waals surface area contributed by atoms with Crippen molar-refractivity contribution in [2.45, 2.75) is 44.7 Å². The van der Waals surface area contributed by atoms with Gasteiger partial charge in [-0.25, -0.2) is 22.3 Å². The highest BCUT2D eigenvalue weighted by Gasteiger charge is 2.21. The number of carbonyl (C=O) groups excluding carboxylic acids is 1. The van der Waals surface area contributed by atoms with Crippen LogP contribution in [-0.4, -0.2) is 30.6 Å². The summed E-state index contributed by atoms with van der Waals surface area (Å²) < 4.78 is 51.0. The summed E-state index contributed by atoms with van der Waals surface area (Å²) >= 11 is 0. The second kappa shape index (κ2) is 8.94. The van der Waals surface area contributed by atoms with Gasteiger partial charge in [-0.15, -0.1) is 0 Å². The Balaban J connectivity index is 1.69. The van der Waals surface area contributed by atoms with Crippen molar-refractivity contribution < 1.29 is 26.9 Å². The summed E-state index contributed by atoms with van der Waals surface area (Å²) in [5.41, 5.74) is 1.09. The summed E-state index contributed by atoms with van der Waals surface area (Å²) in [4.78, 5) is 16.6. The van der Waals surface area contributed by atoms with Crippen LogP contribution in [0.4, 0.5) is 4.39 Å². The number of hydrogen-bond acceptors (Lipinski definition) is 7. The fourth-order valence-electron chi connectivity index (χ4n) is 2.68. The molecule has 1 N–H and O–H groups in total. The number of hydrogen-bond donors (Lipinski definition) is 1. The first kappa shape index (κ1) is 22.6. The topological polar surface area (TPSA) is 111 Å². The minimum Gasteiger partial charge on any atom is -0.449 e. The number of aryl methyl sites for hydroxylation is 1. The van der Waals surface area contributed by atoms with Crippen LogP contribution < -0.4 is 4.72 Å². The van der Waals surface area contributed by atoms with Crippen LogP contribution in [0.25, 0.3) is 11.4 Å². The summed E-state index contributed by atoms with van der Waals surface area (Å²) in [6.45, 7) is 6.62. The zero-order valence-corrected chi connectivity index (χ0v) is 18.2. The summed E-state index contributed by atoms with van der Waals surface area (Å²) in [5.74, 6) is -0.861. The van der Waals surface area contributed by atoms with Crippen molar-refractivity contribution in [3.05, 3.63) is 65.3 Å². The molecule has 0 bridgehead atoms. The van der Waals surface area contributed by atoms with E-state index in [1.54, 1.807) is 39.8 Å². The molecule has 8 nitrogen and oxygen atoms in total. The van der Waals surface area contributed by atoms with E-state index in [9.17, 15) is 17.6 Å². The second-order valence-corrected chi connectivity index (χ2v) is 8.98. The van der Waals surface area contributed by atoms with Gasteiger partial charge >= 0.3 is 5.97 Å². The van der Waals surface area contributed by atoms with Crippen LogP contribution >= 0.6 is 0 Å². The number of nitrogens with one attached hydrogen (secondary N) is 1. The molecule has 1 aromatic heterocycles. The van der Waals surface area contributed by atoms with Gasteiger partial charge in [0.2, 0.25) is 15.8 Å². The van der Waals surface area contributed by atoms with E-state index >= 15 is 0 Å². The maximum absolute atomic E-state index is 13.8. The van der Waals surface area contributed by atoms with Gasteiger partial charge in [0.1, 0.15) is 5.82 Å². The summed E-state index contributed by atoms with van der Waals surface area (Å²) in [7, 11) is -3.66. The van der Waals surface area contributed by atoms with Crippen LogP contribution in [0.15, 0.2) is 51.9 Å².